The molecule has 1 atom stereocenters. The molecule has 3 N–H and O–H groups in total. The molecule has 2 heterocycles. The second-order valence-electron chi connectivity index (χ2n) is 4.65. The van der Waals surface area contributed by atoms with Crippen molar-refractivity contribution in [1.29, 1.82) is 0 Å². The van der Waals surface area contributed by atoms with Crippen LogP contribution >= 0.6 is 0 Å². The van der Waals surface area contributed by atoms with Crippen molar-refractivity contribution >= 4 is 5.91 Å². The van der Waals surface area contributed by atoms with Crippen LogP contribution < -0.4 is 10.6 Å². The van der Waals surface area contributed by atoms with Gasteiger partial charge in [-0.2, -0.15) is 5.10 Å². The van der Waals surface area contributed by atoms with Gasteiger partial charge >= 0.3 is 0 Å². The normalized spacial score (nSPS) is 19.5. The van der Waals surface area contributed by atoms with Crippen molar-refractivity contribution in [2.45, 2.75) is 39.2 Å². The summed E-state index contributed by atoms with van der Waals surface area (Å²) in [5.74, 6) is -0.0215. The lowest BCUT2D eigenvalue weighted by molar-refractivity contribution is 0.0951. The van der Waals surface area contributed by atoms with Crippen molar-refractivity contribution in [3.8, 4) is 0 Å². The first-order valence-corrected chi connectivity index (χ1v) is 6.21. The number of carbonyl (C=O) groups excluding carboxylic acids is 1. The van der Waals surface area contributed by atoms with Crippen LogP contribution in [0.3, 0.4) is 0 Å². The highest BCUT2D eigenvalue weighted by molar-refractivity contribution is 5.96. The maximum absolute atomic E-state index is 11.9. The lowest BCUT2D eigenvalue weighted by atomic mass is 10.1. The minimum absolute atomic E-state index is 0.0215. The number of nitrogens with zero attached hydrogens (tertiary/aromatic N) is 1. The largest absolute Gasteiger partial charge is 0.352 e. The van der Waals surface area contributed by atoms with Gasteiger partial charge in [0.25, 0.3) is 5.91 Å². The van der Waals surface area contributed by atoms with Gasteiger partial charge in [-0.05, 0) is 39.7 Å². The Hall–Kier alpha value is -1.36. The fourth-order valence-electron chi connectivity index (χ4n) is 2.34. The van der Waals surface area contributed by atoms with Crippen molar-refractivity contribution in [2.75, 3.05) is 13.1 Å². The minimum Gasteiger partial charge on any atom is -0.352 e. The summed E-state index contributed by atoms with van der Waals surface area (Å²) in [5, 5.41) is 13.2. The van der Waals surface area contributed by atoms with Gasteiger partial charge in [0.2, 0.25) is 0 Å². The molecule has 1 aromatic rings. The summed E-state index contributed by atoms with van der Waals surface area (Å²) in [7, 11) is 0. The van der Waals surface area contributed by atoms with Crippen LogP contribution in [0.15, 0.2) is 0 Å². The molecule has 0 aromatic carbocycles. The van der Waals surface area contributed by atoms with Crippen LogP contribution in [0.2, 0.25) is 0 Å². The fourth-order valence-corrected chi connectivity index (χ4v) is 2.34. The summed E-state index contributed by atoms with van der Waals surface area (Å²) in [6.45, 7) is 5.55. The van der Waals surface area contributed by atoms with Gasteiger partial charge in [-0.1, -0.05) is 0 Å². The number of hydrogen-bond donors (Lipinski definition) is 3. The molecule has 0 bridgehead atoms. The van der Waals surface area contributed by atoms with E-state index in [9.17, 15) is 4.79 Å². The first-order valence-electron chi connectivity index (χ1n) is 6.21. The maximum atomic E-state index is 11.9. The zero-order valence-corrected chi connectivity index (χ0v) is 10.5. The van der Waals surface area contributed by atoms with Crippen LogP contribution in [-0.2, 0) is 0 Å². The molecule has 1 fully saturated rings. The third-order valence-electron chi connectivity index (χ3n) is 3.30. The predicted octanol–water partition coefficient (Wildman–Crippen LogP) is 0.898. The van der Waals surface area contributed by atoms with Crippen molar-refractivity contribution in [3.63, 3.8) is 0 Å². The molecule has 17 heavy (non-hydrogen) atoms. The van der Waals surface area contributed by atoms with Crippen LogP contribution in [0, 0.1) is 13.8 Å². The number of aryl methyl sites for hydroxylation is 2. The highest BCUT2D eigenvalue weighted by Gasteiger charge is 2.16. The number of amides is 1. The van der Waals surface area contributed by atoms with Crippen molar-refractivity contribution < 1.29 is 4.79 Å². The van der Waals surface area contributed by atoms with Crippen LogP contribution in [0.1, 0.15) is 41.0 Å². The lowest BCUT2D eigenvalue weighted by Gasteiger charge is -2.10. The molecule has 5 nitrogen and oxygen atoms in total. The average molecular weight is 236 g/mol. The van der Waals surface area contributed by atoms with E-state index in [0.29, 0.717) is 11.6 Å². The van der Waals surface area contributed by atoms with E-state index >= 15 is 0 Å². The lowest BCUT2D eigenvalue weighted by Crippen LogP contribution is -2.31. The smallest absolute Gasteiger partial charge is 0.255 e. The zero-order chi connectivity index (χ0) is 12.3. The van der Waals surface area contributed by atoms with Gasteiger partial charge in [-0.25, -0.2) is 0 Å². The second kappa shape index (κ2) is 5.31. The first kappa shape index (κ1) is 12.1. The van der Waals surface area contributed by atoms with Gasteiger partial charge in [0.15, 0.2) is 0 Å². The van der Waals surface area contributed by atoms with Gasteiger partial charge in [-0.15, -0.1) is 0 Å². The Bertz CT molecular complexity index is 374. The third kappa shape index (κ3) is 2.85. The monoisotopic (exact) mass is 236 g/mol. The second-order valence-corrected chi connectivity index (χ2v) is 4.65. The van der Waals surface area contributed by atoms with E-state index in [1.54, 1.807) is 0 Å². The van der Waals surface area contributed by atoms with E-state index in [4.69, 9.17) is 0 Å². The van der Waals surface area contributed by atoms with Crippen molar-refractivity contribution in [1.82, 2.24) is 20.8 Å². The van der Waals surface area contributed by atoms with Crippen molar-refractivity contribution in [3.05, 3.63) is 17.0 Å². The van der Waals surface area contributed by atoms with Gasteiger partial charge in [0.05, 0.1) is 11.3 Å². The Labute approximate surface area is 101 Å². The van der Waals surface area contributed by atoms with E-state index in [1.165, 1.54) is 12.8 Å². The molecule has 0 radical (unpaired) electrons. The van der Waals surface area contributed by atoms with E-state index < -0.39 is 0 Å². The molecule has 0 aliphatic carbocycles. The molecule has 1 amide bonds. The standard InChI is InChI=1S/C12H20N4O/c1-8-11(9(2)16-15-8)12(17)14-7-5-10-4-3-6-13-10/h10,13H,3-7H2,1-2H3,(H,14,17)(H,15,16)/t10-/m0/s1. The number of nitrogens with one attached hydrogen (secondary N) is 3. The third-order valence-corrected chi connectivity index (χ3v) is 3.30. The summed E-state index contributed by atoms with van der Waals surface area (Å²) in [5.41, 5.74) is 2.28. The molecule has 0 spiro atoms. The molecule has 1 aromatic heterocycles. The highest BCUT2D eigenvalue weighted by atomic mass is 16.1. The molecule has 0 saturated carbocycles. The SMILES string of the molecule is Cc1n[nH]c(C)c1C(=O)NCC[C@@H]1CCCN1. The van der Waals surface area contributed by atoms with E-state index in [-0.39, 0.29) is 5.91 Å². The molecule has 1 aliphatic heterocycles. The average Bonchev–Trinajstić information content (AvgIpc) is 2.89. The number of aromatic amines is 1. The molecule has 5 heteroatoms. The number of H-pyrrole nitrogens is 1. The van der Waals surface area contributed by atoms with Crippen LogP contribution in [-0.4, -0.2) is 35.2 Å². The first-order chi connectivity index (χ1) is 8.18. The Kier molecular flexibility index (Phi) is 3.78. The summed E-state index contributed by atoms with van der Waals surface area (Å²) >= 11 is 0. The molecule has 1 saturated heterocycles. The summed E-state index contributed by atoms with van der Waals surface area (Å²) in [4.78, 5) is 11.9. The van der Waals surface area contributed by atoms with Gasteiger partial charge in [0.1, 0.15) is 0 Å². The summed E-state index contributed by atoms with van der Waals surface area (Å²) in [6, 6.07) is 0.571. The van der Waals surface area contributed by atoms with E-state index in [2.05, 4.69) is 20.8 Å². The Morgan fingerprint density at radius 3 is 2.94 bits per heavy atom. The Balaban J connectivity index is 1.81. The Morgan fingerprint density at radius 1 is 1.53 bits per heavy atom. The van der Waals surface area contributed by atoms with E-state index in [0.717, 1.165) is 30.9 Å². The fraction of sp³-hybridized carbons (Fsp3) is 0.667. The zero-order valence-electron chi connectivity index (χ0n) is 10.5. The topological polar surface area (TPSA) is 69.8 Å². The van der Waals surface area contributed by atoms with E-state index in [1.807, 2.05) is 13.8 Å². The quantitative estimate of drug-likeness (QED) is 0.727. The van der Waals surface area contributed by atoms with Gasteiger partial charge < -0.3 is 10.6 Å². The molecule has 2 rings (SSSR count). The summed E-state index contributed by atoms with van der Waals surface area (Å²) in [6.07, 6.45) is 3.47. The number of aromatic nitrogens is 2. The number of rotatable bonds is 4. The van der Waals surface area contributed by atoms with Crippen molar-refractivity contribution in [2.24, 2.45) is 0 Å². The Morgan fingerprint density at radius 2 is 2.35 bits per heavy atom. The molecule has 1 aliphatic rings. The van der Waals surface area contributed by atoms with Crippen LogP contribution in [0.25, 0.3) is 0 Å². The predicted molar refractivity (Wildman–Crippen MR) is 66.0 cm³/mol. The van der Waals surface area contributed by atoms with Crippen LogP contribution in [0.5, 0.6) is 0 Å². The van der Waals surface area contributed by atoms with Crippen LogP contribution in [0.4, 0.5) is 0 Å². The highest BCUT2D eigenvalue weighted by Crippen LogP contribution is 2.10. The molecular formula is C12H20N4O. The van der Waals surface area contributed by atoms with Gasteiger partial charge in [0, 0.05) is 18.3 Å². The number of hydrogen-bond acceptors (Lipinski definition) is 3. The molecular weight excluding hydrogens is 216 g/mol. The summed E-state index contributed by atoms with van der Waals surface area (Å²) < 4.78 is 0. The molecule has 0 unspecified atom stereocenters. The minimum atomic E-state index is -0.0215. The molecule has 94 valence electrons. The number of carbonyl (C=O) groups is 1. The maximum Gasteiger partial charge on any atom is 0.255 e. The van der Waals surface area contributed by atoms with Gasteiger partial charge in [-0.3, -0.25) is 9.89 Å².